The topological polar surface area (TPSA) is 102 Å². The predicted molar refractivity (Wildman–Crippen MR) is 70.1 cm³/mol. The summed E-state index contributed by atoms with van der Waals surface area (Å²) in [5.74, 6) is -0.245. The zero-order chi connectivity index (χ0) is 13.9. The van der Waals surface area contributed by atoms with Crippen molar-refractivity contribution < 1.29 is 17.9 Å². The number of rotatable bonds is 6. The van der Waals surface area contributed by atoms with Crippen LogP contribution in [0.2, 0.25) is 0 Å². The second kappa shape index (κ2) is 5.68. The molecule has 1 fully saturated rings. The van der Waals surface area contributed by atoms with Crippen LogP contribution in [0.1, 0.15) is 5.56 Å². The maximum absolute atomic E-state index is 12.1. The van der Waals surface area contributed by atoms with E-state index in [0.717, 1.165) is 0 Å². The van der Waals surface area contributed by atoms with Crippen LogP contribution >= 0.6 is 0 Å². The maximum Gasteiger partial charge on any atom is 0.180 e. The van der Waals surface area contributed by atoms with Gasteiger partial charge in [0.1, 0.15) is 11.9 Å². The normalized spacial score (nSPS) is 16.0. The quantitative estimate of drug-likeness (QED) is 0.572. The molecule has 3 N–H and O–H groups in total. The van der Waals surface area contributed by atoms with Gasteiger partial charge in [0, 0.05) is 5.56 Å². The third kappa shape index (κ3) is 3.52. The third-order valence-corrected chi connectivity index (χ3v) is 4.49. The summed E-state index contributed by atoms with van der Waals surface area (Å²) in [6.45, 7) is 1.19. The molecule has 6 nitrogen and oxygen atoms in total. The zero-order valence-corrected chi connectivity index (χ0v) is 11.2. The van der Waals surface area contributed by atoms with E-state index < -0.39 is 9.84 Å². The van der Waals surface area contributed by atoms with Crippen molar-refractivity contribution in [2.24, 2.45) is 5.73 Å². The van der Waals surface area contributed by atoms with Gasteiger partial charge in [-0.1, -0.05) is 12.1 Å². The predicted octanol–water partition coefficient (Wildman–Crippen LogP) is 0.160. The minimum Gasteiger partial charge on any atom is -0.384 e. The number of hydrogen-bond acceptors (Lipinski definition) is 5. The lowest BCUT2D eigenvalue weighted by atomic mass is 10.2. The molecule has 2 rings (SSSR count). The molecule has 0 unspecified atom stereocenters. The van der Waals surface area contributed by atoms with Gasteiger partial charge in [-0.15, -0.1) is 0 Å². The summed E-state index contributed by atoms with van der Waals surface area (Å²) in [6, 6.07) is 6.08. The van der Waals surface area contributed by atoms with E-state index in [1.165, 1.54) is 12.1 Å². The number of ether oxygens (including phenoxy) is 2. The Morgan fingerprint density at radius 1 is 1.47 bits per heavy atom. The smallest absolute Gasteiger partial charge is 0.180 e. The molecule has 0 atom stereocenters. The summed E-state index contributed by atoms with van der Waals surface area (Å²) in [7, 11) is -3.41. The molecule has 1 aromatic rings. The van der Waals surface area contributed by atoms with Gasteiger partial charge in [-0.3, -0.25) is 5.41 Å². The highest BCUT2D eigenvalue weighted by Gasteiger charge is 2.21. The van der Waals surface area contributed by atoms with Crippen LogP contribution in [0.4, 0.5) is 0 Å². The van der Waals surface area contributed by atoms with Gasteiger partial charge in [-0.2, -0.15) is 0 Å². The fourth-order valence-corrected chi connectivity index (χ4v) is 2.75. The van der Waals surface area contributed by atoms with Gasteiger partial charge in [-0.05, 0) is 12.1 Å². The molecule has 1 heterocycles. The van der Waals surface area contributed by atoms with Gasteiger partial charge in [0.15, 0.2) is 9.84 Å². The molecule has 7 heteroatoms. The van der Waals surface area contributed by atoms with Crippen molar-refractivity contribution in [3.8, 4) is 0 Å². The Morgan fingerprint density at radius 2 is 2.21 bits per heavy atom. The van der Waals surface area contributed by atoms with Crippen molar-refractivity contribution in [3.63, 3.8) is 0 Å². The molecule has 19 heavy (non-hydrogen) atoms. The highest BCUT2D eigenvalue weighted by atomic mass is 32.2. The molecule has 0 radical (unpaired) electrons. The average Bonchev–Trinajstić information content (AvgIpc) is 2.32. The summed E-state index contributed by atoms with van der Waals surface area (Å²) in [4.78, 5) is 0.161. The van der Waals surface area contributed by atoms with Crippen LogP contribution in [-0.4, -0.2) is 45.9 Å². The largest absolute Gasteiger partial charge is 0.384 e. The van der Waals surface area contributed by atoms with E-state index in [-0.39, 0.29) is 29.2 Å². The van der Waals surface area contributed by atoms with Crippen LogP contribution in [0.3, 0.4) is 0 Å². The van der Waals surface area contributed by atoms with Gasteiger partial charge in [0.2, 0.25) is 0 Å². The van der Waals surface area contributed by atoms with E-state index in [2.05, 4.69) is 0 Å². The highest BCUT2D eigenvalue weighted by Crippen LogP contribution is 2.14. The number of nitrogen functional groups attached to an aromatic ring is 1. The van der Waals surface area contributed by atoms with Crippen LogP contribution in [0.15, 0.2) is 29.2 Å². The first-order chi connectivity index (χ1) is 8.99. The van der Waals surface area contributed by atoms with Gasteiger partial charge < -0.3 is 15.2 Å². The van der Waals surface area contributed by atoms with Crippen LogP contribution in [-0.2, 0) is 19.3 Å². The molecule has 0 spiro atoms. The molecule has 0 bridgehead atoms. The first-order valence-electron chi connectivity index (χ1n) is 5.85. The number of nitrogens with one attached hydrogen (secondary N) is 1. The lowest BCUT2D eigenvalue weighted by Crippen LogP contribution is -2.37. The number of hydrogen-bond donors (Lipinski definition) is 2. The van der Waals surface area contributed by atoms with Crippen LogP contribution in [0.25, 0.3) is 0 Å². The van der Waals surface area contributed by atoms with E-state index in [1.54, 1.807) is 12.1 Å². The lowest BCUT2D eigenvalue weighted by molar-refractivity contribution is -0.126. The summed E-state index contributed by atoms with van der Waals surface area (Å²) >= 11 is 0. The Labute approximate surface area is 111 Å². The summed E-state index contributed by atoms with van der Waals surface area (Å²) < 4.78 is 34.4. The number of amidine groups is 1. The molecule has 0 saturated carbocycles. The van der Waals surface area contributed by atoms with Crippen molar-refractivity contribution in [1.82, 2.24) is 0 Å². The number of nitrogens with two attached hydrogens (primary N) is 1. The molecule has 0 amide bonds. The fourth-order valence-electron chi connectivity index (χ4n) is 1.61. The molecular weight excluding hydrogens is 268 g/mol. The molecule has 0 aliphatic carbocycles. The molecule has 1 aliphatic rings. The first-order valence-corrected chi connectivity index (χ1v) is 7.51. The zero-order valence-electron chi connectivity index (χ0n) is 10.3. The van der Waals surface area contributed by atoms with Crippen molar-refractivity contribution in [3.05, 3.63) is 29.8 Å². The average molecular weight is 284 g/mol. The molecule has 1 aliphatic heterocycles. The summed E-state index contributed by atoms with van der Waals surface area (Å²) in [5, 5.41) is 7.31. The van der Waals surface area contributed by atoms with Crippen molar-refractivity contribution in [2.75, 3.05) is 25.6 Å². The Bertz CT molecular complexity index is 567. The van der Waals surface area contributed by atoms with Crippen LogP contribution < -0.4 is 5.73 Å². The van der Waals surface area contributed by atoms with Gasteiger partial charge in [0.05, 0.1) is 30.5 Å². The van der Waals surface area contributed by atoms with Crippen LogP contribution in [0, 0.1) is 5.41 Å². The Hall–Kier alpha value is -1.44. The lowest BCUT2D eigenvalue weighted by Gasteiger charge is -2.25. The SMILES string of the molecule is N=C(N)c1cccc(S(=O)(=O)CCOC2COC2)c1. The van der Waals surface area contributed by atoms with Gasteiger partial charge in [-0.25, -0.2) is 8.42 Å². The van der Waals surface area contributed by atoms with Crippen molar-refractivity contribution in [2.45, 2.75) is 11.0 Å². The first kappa shape index (κ1) is 14.0. The minimum absolute atomic E-state index is 0.0127. The van der Waals surface area contributed by atoms with E-state index in [1.807, 2.05) is 0 Å². The van der Waals surface area contributed by atoms with Gasteiger partial charge >= 0.3 is 0 Å². The fraction of sp³-hybridized carbons (Fsp3) is 0.417. The van der Waals surface area contributed by atoms with E-state index in [4.69, 9.17) is 20.6 Å². The Morgan fingerprint density at radius 3 is 2.79 bits per heavy atom. The summed E-state index contributed by atoms with van der Waals surface area (Å²) in [5.41, 5.74) is 5.74. The van der Waals surface area contributed by atoms with Crippen LogP contribution in [0.5, 0.6) is 0 Å². The molecule has 1 aromatic carbocycles. The second-order valence-electron chi connectivity index (χ2n) is 4.29. The third-order valence-electron chi connectivity index (χ3n) is 2.82. The molecule has 0 aromatic heterocycles. The van der Waals surface area contributed by atoms with Gasteiger partial charge in [0.25, 0.3) is 0 Å². The standard InChI is InChI=1S/C12H16N2O4S/c13-12(14)9-2-1-3-11(6-9)19(15,16)5-4-18-10-7-17-8-10/h1-3,6,10H,4-5,7-8H2,(H3,13,14). The van der Waals surface area contributed by atoms with E-state index >= 15 is 0 Å². The minimum atomic E-state index is -3.41. The van der Waals surface area contributed by atoms with E-state index in [0.29, 0.717) is 18.8 Å². The number of benzene rings is 1. The molecule has 1 saturated heterocycles. The Balaban J connectivity index is 2.01. The van der Waals surface area contributed by atoms with E-state index in [9.17, 15) is 8.42 Å². The van der Waals surface area contributed by atoms with Crippen molar-refractivity contribution in [1.29, 1.82) is 5.41 Å². The molecular formula is C12H16N2O4S. The van der Waals surface area contributed by atoms with Crippen molar-refractivity contribution >= 4 is 15.7 Å². The monoisotopic (exact) mass is 284 g/mol. The maximum atomic E-state index is 12.1. The second-order valence-corrected chi connectivity index (χ2v) is 6.40. The molecule has 104 valence electrons. The number of sulfone groups is 1. The Kier molecular flexibility index (Phi) is 4.18. The summed E-state index contributed by atoms with van der Waals surface area (Å²) in [6.07, 6.45) is 0.0127. The highest BCUT2D eigenvalue weighted by molar-refractivity contribution is 7.91.